The molecule has 0 bridgehead atoms. The Hall–Kier alpha value is -2.22. The van der Waals surface area contributed by atoms with Crippen LogP contribution in [0.4, 0.5) is 0 Å². The first-order valence-corrected chi connectivity index (χ1v) is 14.1. The molecule has 2 heterocycles. The molecule has 6 nitrogen and oxygen atoms in total. The van der Waals surface area contributed by atoms with Gasteiger partial charge in [0.1, 0.15) is 16.7 Å². The average molecular weight is 496 g/mol. The van der Waals surface area contributed by atoms with Crippen LogP contribution in [0.15, 0.2) is 53.4 Å². The van der Waals surface area contributed by atoms with E-state index in [0.717, 1.165) is 54.4 Å². The second kappa shape index (κ2) is 10.8. The lowest BCUT2D eigenvalue weighted by molar-refractivity contribution is -0.140. The SMILES string of the molecule is C[C@H]1CCN(CC(c2ccccc2)N(C)C(=O)C2CCc3cc(S(=O)NCC4CC4)ccc3O2)C1. The van der Waals surface area contributed by atoms with E-state index < -0.39 is 17.1 Å². The number of ether oxygens (including phenoxy) is 1. The van der Waals surface area contributed by atoms with E-state index in [1.807, 2.05) is 48.3 Å². The van der Waals surface area contributed by atoms with E-state index in [1.165, 1.54) is 19.3 Å². The van der Waals surface area contributed by atoms with Gasteiger partial charge in [0.15, 0.2) is 6.10 Å². The highest BCUT2D eigenvalue weighted by molar-refractivity contribution is 7.83. The van der Waals surface area contributed by atoms with Crippen LogP contribution in [-0.2, 0) is 22.2 Å². The van der Waals surface area contributed by atoms with E-state index in [9.17, 15) is 9.00 Å². The number of likely N-dealkylation sites (tertiary alicyclic amines) is 1. The average Bonchev–Trinajstić information content (AvgIpc) is 3.64. The number of aryl methyl sites for hydroxylation is 1. The van der Waals surface area contributed by atoms with Crippen molar-refractivity contribution < 1.29 is 13.7 Å². The van der Waals surface area contributed by atoms with Gasteiger partial charge in [-0.15, -0.1) is 0 Å². The molecule has 4 atom stereocenters. The molecule has 2 fully saturated rings. The summed E-state index contributed by atoms with van der Waals surface area (Å²) in [6, 6.07) is 16.0. The third-order valence-corrected chi connectivity index (χ3v) is 8.72. The second-order valence-corrected chi connectivity index (χ2v) is 11.8. The molecule has 35 heavy (non-hydrogen) atoms. The fraction of sp³-hybridized carbons (Fsp3) is 0.536. The Bertz CT molecular complexity index is 1060. The fourth-order valence-corrected chi connectivity index (χ4v) is 6.19. The van der Waals surface area contributed by atoms with Gasteiger partial charge >= 0.3 is 0 Å². The van der Waals surface area contributed by atoms with Gasteiger partial charge in [-0.3, -0.25) is 4.79 Å². The van der Waals surface area contributed by atoms with Crippen LogP contribution < -0.4 is 9.46 Å². The van der Waals surface area contributed by atoms with Crippen LogP contribution in [0.1, 0.15) is 49.8 Å². The summed E-state index contributed by atoms with van der Waals surface area (Å²) in [6.07, 6.45) is 4.55. The number of hydrogen-bond donors (Lipinski definition) is 1. The molecule has 0 radical (unpaired) electrons. The van der Waals surface area contributed by atoms with Crippen molar-refractivity contribution in [2.75, 3.05) is 33.2 Å². The van der Waals surface area contributed by atoms with E-state index in [2.05, 4.69) is 28.7 Å². The van der Waals surface area contributed by atoms with Crippen molar-refractivity contribution >= 4 is 16.9 Å². The molecule has 1 saturated carbocycles. The Labute approximate surface area is 211 Å². The molecular formula is C28H37N3O3S. The van der Waals surface area contributed by atoms with Gasteiger partial charge < -0.3 is 14.5 Å². The molecule has 2 aliphatic heterocycles. The first-order valence-electron chi connectivity index (χ1n) is 13.0. The maximum atomic E-state index is 13.6. The molecular weight excluding hydrogens is 458 g/mol. The summed E-state index contributed by atoms with van der Waals surface area (Å²) in [6.45, 7) is 6.10. The Morgan fingerprint density at radius 1 is 1.17 bits per heavy atom. The lowest BCUT2D eigenvalue weighted by Crippen LogP contribution is -2.46. The molecule has 7 heteroatoms. The van der Waals surface area contributed by atoms with E-state index in [1.54, 1.807) is 0 Å². The standard InChI is InChI=1S/C28H37N3O3S/c1-20-14-15-31(18-20)19-25(22-6-4-3-5-7-22)30(2)28(32)27-12-10-23-16-24(11-13-26(23)34-27)35(33)29-17-21-8-9-21/h3-7,11,13,16,20-21,25,27,29H,8-10,12,14-15,17-19H2,1-2H3/t20-,25?,27?,35?/m0/s1. The van der Waals surface area contributed by atoms with Crippen LogP contribution in [0.2, 0.25) is 0 Å². The molecule has 3 aliphatic rings. The number of benzene rings is 2. The topological polar surface area (TPSA) is 61.9 Å². The van der Waals surface area contributed by atoms with Crippen molar-refractivity contribution in [3.63, 3.8) is 0 Å². The highest BCUT2D eigenvalue weighted by Gasteiger charge is 2.34. The predicted molar refractivity (Wildman–Crippen MR) is 138 cm³/mol. The van der Waals surface area contributed by atoms with Gasteiger partial charge in [0.2, 0.25) is 0 Å². The van der Waals surface area contributed by atoms with E-state index in [-0.39, 0.29) is 11.9 Å². The molecule has 188 valence electrons. The van der Waals surface area contributed by atoms with Gasteiger partial charge in [-0.05, 0) is 79.8 Å². The van der Waals surface area contributed by atoms with Crippen LogP contribution in [0, 0.1) is 11.8 Å². The summed E-state index contributed by atoms with van der Waals surface area (Å²) in [5.74, 6) is 2.14. The highest BCUT2D eigenvalue weighted by Crippen LogP contribution is 2.32. The fourth-order valence-electron chi connectivity index (χ4n) is 5.20. The third kappa shape index (κ3) is 5.96. The first kappa shape index (κ1) is 24.5. The van der Waals surface area contributed by atoms with Crippen molar-refractivity contribution in [2.45, 2.75) is 56.1 Å². The summed E-state index contributed by atoms with van der Waals surface area (Å²) in [4.78, 5) is 18.8. The number of nitrogens with one attached hydrogen (secondary N) is 1. The van der Waals surface area contributed by atoms with Crippen molar-refractivity contribution in [2.24, 2.45) is 11.8 Å². The molecule has 1 amide bonds. The number of rotatable bonds is 9. The van der Waals surface area contributed by atoms with Crippen molar-refractivity contribution in [3.05, 3.63) is 59.7 Å². The van der Waals surface area contributed by atoms with Crippen LogP contribution >= 0.6 is 0 Å². The molecule has 0 aromatic heterocycles. The van der Waals surface area contributed by atoms with Gasteiger partial charge in [0, 0.05) is 26.7 Å². The Morgan fingerprint density at radius 3 is 2.69 bits per heavy atom. The van der Waals surface area contributed by atoms with E-state index in [0.29, 0.717) is 18.3 Å². The summed E-state index contributed by atoms with van der Waals surface area (Å²) in [7, 11) is 0.708. The molecule has 5 rings (SSSR count). The summed E-state index contributed by atoms with van der Waals surface area (Å²) >= 11 is 0. The summed E-state index contributed by atoms with van der Waals surface area (Å²) in [5, 5.41) is 0. The minimum absolute atomic E-state index is 0.0127. The van der Waals surface area contributed by atoms with Crippen molar-refractivity contribution in [1.29, 1.82) is 0 Å². The number of carbonyl (C=O) groups is 1. The lowest BCUT2D eigenvalue weighted by atomic mass is 10.00. The molecule has 1 aliphatic carbocycles. The molecule has 3 unspecified atom stereocenters. The highest BCUT2D eigenvalue weighted by atomic mass is 32.2. The zero-order valence-corrected chi connectivity index (χ0v) is 21.6. The normalized spacial score (nSPS) is 23.8. The monoisotopic (exact) mass is 495 g/mol. The van der Waals surface area contributed by atoms with Gasteiger partial charge in [0.25, 0.3) is 5.91 Å². The van der Waals surface area contributed by atoms with Gasteiger partial charge in [0.05, 0.1) is 10.9 Å². The van der Waals surface area contributed by atoms with Crippen LogP contribution in [0.5, 0.6) is 5.75 Å². The number of nitrogens with zero attached hydrogens (tertiary/aromatic N) is 2. The van der Waals surface area contributed by atoms with Gasteiger partial charge in [-0.2, -0.15) is 0 Å². The van der Waals surface area contributed by atoms with E-state index in [4.69, 9.17) is 4.74 Å². The number of amides is 1. The minimum atomic E-state index is -1.21. The predicted octanol–water partition coefficient (Wildman–Crippen LogP) is 3.94. The summed E-state index contributed by atoms with van der Waals surface area (Å²) < 4.78 is 21.9. The van der Waals surface area contributed by atoms with Gasteiger partial charge in [-0.25, -0.2) is 8.93 Å². The molecule has 2 aromatic rings. The number of fused-ring (bicyclic) bond motifs is 1. The summed E-state index contributed by atoms with van der Waals surface area (Å²) in [5.41, 5.74) is 2.19. The Balaban J connectivity index is 1.26. The van der Waals surface area contributed by atoms with Crippen LogP contribution in [0.3, 0.4) is 0 Å². The number of hydrogen-bond acceptors (Lipinski definition) is 4. The Kier molecular flexibility index (Phi) is 7.56. The van der Waals surface area contributed by atoms with Gasteiger partial charge in [-0.1, -0.05) is 37.3 Å². The quantitative estimate of drug-likeness (QED) is 0.572. The lowest BCUT2D eigenvalue weighted by Gasteiger charge is -2.35. The smallest absolute Gasteiger partial charge is 0.263 e. The maximum Gasteiger partial charge on any atom is 0.263 e. The van der Waals surface area contributed by atoms with Crippen molar-refractivity contribution in [3.8, 4) is 5.75 Å². The number of carbonyl (C=O) groups excluding carboxylic acids is 1. The molecule has 1 N–H and O–H groups in total. The first-order chi connectivity index (χ1) is 17.0. The van der Waals surface area contributed by atoms with E-state index >= 15 is 0 Å². The van der Waals surface area contributed by atoms with Crippen LogP contribution in [-0.4, -0.2) is 59.2 Å². The zero-order valence-electron chi connectivity index (χ0n) is 20.8. The third-order valence-electron chi connectivity index (χ3n) is 7.61. The minimum Gasteiger partial charge on any atom is -0.480 e. The second-order valence-electron chi connectivity index (χ2n) is 10.5. The number of likely N-dealkylation sites (N-methyl/N-ethyl adjacent to an activating group) is 1. The largest absolute Gasteiger partial charge is 0.480 e. The molecule has 2 aromatic carbocycles. The molecule has 1 saturated heterocycles. The zero-order chi connectivity index (χ0) is 24.4. The van der Waals surface area contributed by atoms with Crippen molar-refractivity contribution in [1.82, 2.24) is 14.5 Å². The van der Waals surface area contributed by atoms with Crippen LogP contribution in [0.25, 0.3) is 0 Å². The Morgan fingerprint density at radius 2 is 1.97 bits per heavy atom. The molecule has 0 spiro atoms. The maximum absolute atomic E-state index is 13.6.